The molecule has 1 aliphatic carbocycles. The number of hydrogen-bond donors (Lipinski definition) is 0. The largest absolute Gasteiger partial charge is 0.444 e. The summed E-state index contributed by atoms with van der Waals surface area (Å²) in [4.78, 5) is 33.8. The van der Waals surface area contributed by atoms with Crippen LogP contribution in [0, 0.1) is 0 Å². The summed E-state index contributed by atoms with van der Waals surface area (Å²) in [7, 11) is 0. The summed E-state index contributed by atoms with van der Waals surface area (Å²) in [5.74, 6) is -0.118. The summed E-state index contributed by atoms with van der Waals surface area (Å²) >= 11 is 6.84. The molecule has 2 aromatic heterocycles. The number of amides is 2. The van der Waals surface area contributed by atoms with E-state index in [0.29, 0.717) is 48.5 Å². The first-order chi connectivity index (χ1) is 14.8. The van der Waals surface area contributed by atoms with Crippen molar-refractivity contribution in [2.45, 2.75) is 64.5 Å². The topological polar surface area (TPSA) is 67.7 Å². The molecule has 1 saturated carbocycles. The molecular weight excluding hydrogens is 416 g/mol. The van der Waals surface area contributed by atoms with Gasteiger partial charge in [0, 0.05) is 38.4 Å². The zero-order valence-electron chi connectivity index (χ0n) is 18.6. The molecule has 2 aromatic rings. The lowest BCUT2D eigenvalue weighted by Gasteiger charge is -2.35. The van der Waals surface area contributed by atoms with Crippen LogP contribution in [0.5, 0.6) is 0 Å². The third-order valence-electron chi connectivity index (χ3n) is 6.07. The molecule has 168 valence electrons. The van der Waals surface area contributed by atoms with Gasteiger partial charge in [0.25, 0.3) is 5.91 Å². The maximum Gasteiger partial charge on any atom is 0.410 e. The van der Waals surface area contributed by atoms with Crippen LogP contribution in [0.4, 0.5) is 4.79 Å². The molecule has 31 heavy (non-hydrogen) atoms. The first-order valence-electron chi connectivity index (χ1n) is 11.2. The number of aromatic nitrogens is 2. The van der Waals surface area contributed by atoms with Gasteiger partial charge in [-0.15, -0.1) is 0 Å². The van der Waals surface area contributed by atoms with Crippen molar-refractivity contribution < 1.29 is 14.3 Å². The minimum Gasteiger partial charge on any atom is -0.444 e. The van der Waals surface area contributed by atoms with E-state index < -0.39 is 5.60 Å². The Labute approximate surface area is 188 Å². The van der Waals surface area contributed by atoms with Crippen molar-refractivity contribution in [1.82, 2.24) is 19.4 Å². The summed E-state index contributed by atoms with van der Waals surface area (Å²) in [5.41, 5.74) is 1.53. The summed E-state index contributed by atoms with van der Waals surface area (Å²) in [6.07, 6.45) is 7.11. The lowest BCUT2D eigenvalue weighted by Crippen LogP contribution is -2.51. The molecular formula is C23H31ClN4O3. The number of halogens is 1. The van der Waals surface area contributed by atoms with Gasteiger partial charge in [-0.25, -0.2) is 4.79 Å². The molecule has 2 aliphatic rings. The molecule has 2 amide bonds. The van der Waals surface area contributed by atoms with Crippen LogP contribution in [0.15, 0.2) is 18.3 Å². The number of hydrogen-bond acceptors (Lipinski definition) is 4. The lowest BCUT2D eigenvalue weighted by molar-refractivity contribution is 0.0141. The fourth-order valence-electron chi connectivity index (χ4n) is 4.57. The molecule has 2 fully saturated rings. The van der Waals surface area contributed by atoms with E-state index in [2.05, 4.69) is 9.55 Å². The van der Waals surface area contributed by atoms with Gasteiger partial charge in [0.1, 0.15) is 21.8 Å². The minimum absolute atomic E-state index is 0.118. The molecule has 0 bridgehead atoms. The van der Waals surface area contributed by atoms with Gasteiger partial charge in [-0.05, 0) is 45.7 Å². The molecule has 8 heteroatoms. The second-order valence-corrected chi connectivity index (χ2v) is 9.82. The molecule has 1 saturated heterocycles. The van der Waals surface area contributed by atoms with Gasteiger partial charge < -0.3 is 19.1 Å². The fraction of sp³-hybridized carbons (Fsp3) is 0.609. The van der Waals surface area contributed by atoms with Gasteiger partial charge in [-0.2, -0.15) is 0 Å². The third-order valence-corrected chi connectivity index (χ3v) is 6.44. The van der Waals surface area contributed by atoms with Crippen LogP contribution in [0.1, 0.15) is 69.3 Å². The van der Waals surface area contributed by atoms with Crippen LogP contribution in [0.3, 0.4) is 0 Å². The standard InChI is InChI=1S/C23H31ClN4O3/c1-23(2,3)31-22(30)27-14-12-26(13-15-27)21(29)18-19-17(10-7-11-25-19)28(20(18)24)16-8-5-4-6-9-16/h7,10-11,16H,4-6,8-9,12-15H2,1-3H3. The van der Waals surface area contributed by atoms with Crippen LogP contribution < -0.4 is 0 Å². The van der Waals surface area contributed by atoms with E-state index in [0.717, 1.165) is 18.4 Å². The zero-order chi connectivity index (χ0) is 22.2. The van der Waals surface area contributed by atoms with E-state index >= 15 is 0 Å². The number of rotatable bonds is 2. The molecule has 4 rings (SSSR count). The third kappa shape index (κ3) is 4.52. The summed E-state index contributed by atoms with van der Waals surface area (Å²) in [5, 5.41) is 0.486. The minimum atomic E-state index is -0.538. The summed E-state index contributed by atoms with van der Waals surface area (Å²) in [6.45, 7) is 7.31. The van der Waals surface area contributed by atoms with Crippen LogP contribution in [0.2, 0.25) is 5.15 Å². The Kier molecular flexibility index (Phi) is 6.15. The van der Waals surface area contributed by atoms with Gasteiger partial charge in [0.2, 0.25) is 0 Å². The van der Waals surface area contributed by atoms with Crippen molar-refractivity contribution in [2.75, 3.05) is 26.2 Å². The van der Waals surface area contributed by atoms with Crippen molar-refractivity contribution in [1.29, 1.82) is 0 Å². The first-order valence-corrected chi connectivity index (χ1v) is 11.6. The van der Waals surface area contributed by atoms with Gasteiger partial charge >= 0.3 is 6.09 Å². The normalized spacial score (nSPS) is 18.5. The number of ether oxygens (including phenoxy) is 1. The van der Waals surface area contributed by atoms with E-state index in [4.69, 9.17) is 16.3 Å². The van der Waals surface area contributed by atoms with Gasteiger partial charge in [0.15, 0.2) is 0 Å². The quantitative estimate of drug-likeness (QED) is 0.658. The van der Waals surface area contributed by atoms with E-state index in [1.54, 1.807) is 16.0 Å². The second-order valence-electron chi connectivity index (χ2n) is 9.46. The molecule has 0 atom stereocenters. The van der Waals surface area contributed by atoms with Crippen LogP contribution in [0.25, 0.3) is 11.0 Å². The second kappa shape index (κ2) is 8.69. The Bertz CT molecular complexity index is 967. The Balaban J connectivity index is 1.55. The highest BCUT2D eigenvalue weighted by Gasteiger charge is 2.32. The predicted molar refractivity (Wildman–Crippen MR) is 121 cm³/mol. The molecule has 1 aliphatic heterocycles. The Morgan fingerprint density at radius 3 is 2.35 bits per heavy atom. The molecule has 7 nitrogen and oxygen atoms in total. The van der Waals surface area contributed by atoms with Gasteiger partial charge in [-0.3, -0.25) is 9.78 Å². The number of nitrogens with zero attached hydrogens (tertiary/aromatic N) is 4. The van der Waals surface area contributed by atoms with E-state index in [9.17, 15) is 9.59 Å². The van der Waals surface area contributed by atoms with Crippen LogP contribution in [-0.4, -0.2) is 63.1 Å². The molecule has 0 unspecified atom stereocenters. The predicted octanol–water partition coefficient (Wildman–Crippen LogP) is 4.89. The first kappa shape index (κ1) is 21.9. The SMILES string of the molecule is CC(C)(C)OC(=O)N1CCN(C(=O)c2c(Cl)n(C3CCCCC3)c3cccnc23)CC1. The van der Waals surface area contributed by atoms with Crippen molar-refractivity contribution in [3.8, 4) is 0 Å². The maximum atomic E-state index is 13.5. The monoisotopic (exact) mass is 446 g/mol. The molecule has 3 heterocycles. The summed E-state index contributed by atoms with van der Waals surface area (Å²) in [6, 6.07) is 4.20. The van der Waals surface area contributed by atoms with Gasteiger partial charge in [-0.1, -0.05) is 30.9 Å². The average molecular weight is 447 g/mol. The number of fused-ring (bicyclic) bond motifs is 1. The van der Waals surface area contributed by atoms with Gasteiger partial charge in [0.05, 0.1) is 5.52 Å². The van der Waals surface area contributed by atoms with E-state index in [1.807, 2.05) is 32.9 Å². The number of carbonyl (C=O) groups excluding carboxylic acids is 2. The Morgan fingerprint density at radius 1 is 1.06 bits per heavy atom. The Morgan fingerprint density at radius 2 is 1.71 bits per heavy atom. The molecule has 0 N–H and O–H groups in total. The van der Waals surface area contributed by atoms with Crippen molar-refractivity contribution in [2.24, 2.45) is 0 Å². The maximum absolute atomic E-state index is 13.5. The van der Waals surface area contributed by atoms with Crippen LogP contribution in [-0.2, 0) is 4.74 Å². The molecule has 0 aromatic carbocycles. The molecule has 0 radical (unpaired) electrons. The smallest absolute Gasteiger partial charge is 0.410 e. The zero-order valence-corrected chi connectivity index (χ0v) is 19.3. The number of carbonyl (C=O) groups is 2. The van der Waals surface area contributed by atoms with Crippen molar-refractivity contribution in [3.05, 3.63) is 29.0 Å². The van der Waals surface area contributed by atoms with Crippen molar-refractivity contribution in [3.63, 3.8) is 0 Å². The lowest BCUT2D eigenvalue weighted by atomic mass is 9.95. The average Bonchev–Trinajstić information content (AvgIpc) is 3.04. The van der Waals surface area contributed by atoms with E-state index in [1.165, 1.54) is 19.3 Å². The number of pyridine rings is 1. The highest BCUT2D eigenvalue weighted by molar-refractivity contribution is 6.35. The number of piperazine rings is 1. The molecule has 0 spiro atoms. The highest BCUT2D eigenvalue weighted by atomic mass is 35.5. The van der Waals surface area contributed by atoms with E-state index in [-0.39, 0.29) is 12.0 Å². The summed E-state index contributed by atoms with van der Waals surface area (Å²) < 4.78 is 7.57. The fourth-order valence-corrected chi connectivity index (χ4v) is 4.97. The van der Waals surface area contributed by atoms with Crippen LogP contribution >= 0.6 is 11.6 Å². The van der Waals surface area contributed by atoms with Crippen molar-refractivity contribution >= 4 is 34.6 Å². The Hall–Kier alpha value is -2.28. The highest BCUT2D eigenvalue weighted by Crippen LogP contribution is 2.38.